The Morgan fingerprint density at radius 1 is 1.19 bits per heavy atom. The molecular formula is C20H25FN2O3S. The summed E-state index contributed by atoms with van der Waals surface area (Å²) in [5.74, 6) is -1.00. The highest BCUT2D eigenvalue weighted by Gasteiger charge is 2.24. The van der Waals surface area contributed by atoms with E-state index in [-0.39, 0.29) is 29.5 Å². The summed E-state index contributed by atoms with van der Waals surface area (Å²) >= 11 is 0. The van der Waals surface area contributed by atoms with Gasteiger partial charge in [-0.05, 0) is 60.2 Å². The molecule has 7 heteroatoms. The van der Waals surface area contributed by atoms with Crippen molar-refractivity contribution in [3.05, 3.63) is 64.3 Å². The van der Waals surface area contributed by atoms with Gasteiger partial charge in [0.25, 0.3) is 0 Å². The Morgan fingerprint density at radius 2 is 1.96 bits per heavy atom. The van der Waals surface area contributed by atoms with Crippen molar-refractivity contribution in [2.45, 2.75) is 37.5 Å². The first kappa shape index (κ1) is 21.0. The van der Waals surface area contributed by atoms with Gasteiger partial charge in [0.1, 0.15) is 5.82 Å². The van der Waals surface area contributed by atoms with Crippen molar-refractivity contribution in [3.8, 4) is 0 Å². The molecule has 0 aliphatic carbocycles. The molecule has 0 unspecified atom stereocenters. The highest BCUT2D eigenvalue weighted by molar-refractivity contribution is 7.91. The van der Waals surface area contributed by atoms with Gasteiger partial charge in [-0.2, -0.15) is 4.91 Å². The third kappa shape index (κ3) is 6.13. The Balaban J connectivity index is 2.33. The number of benzene rings is 2. The Kier molecular flexibility index (Phi) is 7.47. The van der Waals surface area contributed by atoms with Crippen LogP contribution in [-0.4, -0.2) is 20.7 Å². The van der Waals surface area contributed by atoms with Gasteiger partial charge in [-0.3, -0.25) is 0 Å². The number of nitrogen functional groups attached to an aromatic ring is 1. The zero-order valence-electron chi connectivity index (χ0n) is 15.4. The van der Waals surface area contributed by atoms with Crippen LogP contribution in [0.15, 0.2) is 52.5 Å². The minimum atomic E-state index is -3.69. The van der Waals surface area contributed by atoms with Crippen LogP contribution in [0.4, 0.5) is 10.1 Å². The van der Waals surface area contributed by atoms with Crippen LogP contribution in [-0.2, 0) is 16.3 Å². The molecule has 5 nitrogen and oxygen atoms in total. The lowest BCUT2D eigenvalue weighted by Gasteiger charge is -2.16. The first-order chi connectivity index (χ1) is 12.9. The molecule has 146 valence electrons. The number of nitroso groups, excluding NO2 is 1. The summed E-state index contributed by atoms with van der Waals surface area (Å²) in [5, 5.41) is 2.89. The van der Waals surface area contributed by atoms with E-state index in [1.54, 1.807) is 18.2 Å². The van der Waals surface area contributed by atoms with E-state index in [4.69, 9.17) is 5.73 Å². The molecule has 2 rings (SSSR count). The second-order valence-corrected chi connectivity index (χ2v) is 8.78. The fraction of sp³-hybridized carbons (Fsp3) is 0.400. The maximum atomic E-state index is 13.8. The van der Waals surface area contributed by atoms with Crippen molar-refractivity contribution in [1.82, 2.24) is 0 Å². The molecule has 0 amide bonds. The Labute approximate surface area is 159 Å². The zero-order chi connectivity index (χ0) is 19.9. The first-order valence-electron chi connectivity index (χ1n) is 9.00. The van der Waals surface area contributed by atoms with Crippen LogP contribution in [0.5, 0.6) is 0 Å². The van der Waals surface area contributed by atoms with E-state index >= 15 is 0 Å². The Bertz CT molecular complexity index is 885. The van der Waals surface area contributed by atoms with Gasteiger partial charge in [0, 0.05) is 5.69 Å². The van der Waals surface area contributed by atoms with Gasteiger partial charge in [0.05, 0.1) is 17.2 Å². The van der Waals surface area contributed by atoms with Crippen LogP contribution >= 0.6 is 0 Å². The molecule has 2 N–H and O–H groups in total. The summed E-state index contributed by atoms with van der Waals surface area (Å²) < 4.78 is 39.7. The van der Waals surface area contributed by atoms with Crippen molar-refractivity contribution < 1.29 is 12.8 Å². The number of anilines is 1. The highest BCUT2D eigenvalue weighted by atomic mass is 32.2. The minimum Gasteiger partial charge on any atom is -0.399 e. The first-order valence-corrected chi connectivity index (χ1v) is 10.7. The van der Waals surface area contributed by atoms with Crippen molar-refractivity contribution >= 4 is 15.5 Å². The van der Waals surface area contributed by atoms with Crippen molar-refractivity contribution in [2.75, 3.05) is 18.0 Å². The molecule has 2 aromatic rings. The molecule has 0 aromatic heterocycles. The SMILES string of the molecule is CCCC[C@@H](CN=O)CS(=O)(=O)c1ccc(F)cc1Cc1cccc(N)c1. The maximum Gasteiger partial charge on any atom is 0.179 e. The fourth-order valence-corrected chi connectivity index (χ4v) is 5.02. The number of sulfone groups is 1. The van der Waals surface area contributed by atoms with Gasteiger partial charge >= 0.3 is 0 Å². The second-order valence-electron chi connectivity index (χ2n) is 6.78. The molecule has 0 saturated heterocycles. The third-order valence-electron chi connectivity index (χ3n) is 4.46. The van der Waals surface area contributed by atoms with E-state index in [2.05, 4.69) is 5.18 Å². The topological polar surface area (TPSA) is 89.6 Å². The van der Waals surface area contributed by atoms with Crippen molar-refractivity contribution in [3.63, 3.8) is 0 Å². The average Bonchev–Trinajstić information content (AvgIpc) is 2.59. The molecule has 0 fully saturated rings. The van der Waals surface area contributed by atoms with Crippen LogP contribution in [0.1, 0.15) is 37.3 Å². The summed E-state index contributed by atoms with van der Waals surface area (Å²) in [7, 11) is -3.69. The molecule has 0 aliphatic rings. The van der Waals surface area contributed by atoms with Gasteiger partial charge in [-0.15, -0.1) is 0 Å². The number of hydrogen-bond donors (Lipinski definition) is 1. The molecule has 0 aliphatic heterocycles. The number of hydrogen-bond acceptors (Lipinski definition) is 5. The predicted octanol–water partition coefficient (Wildman–Crippen LogP) is 4.35. The lowest BCUT2D eigenvalue weighted by molar-refractivity contribution is 0.504. The fourth-order valence-electron chi connectivity index (χ4n) is 3.14. The Hall–Kier alpha value is -2.28. The highest BCUT2D eigenvalue weighted by Crippen LogP contribution is 2.25. The molecule has 1 atom stereocenters. The monoisotopic (exact) mass is 392 g/mol. The standard InChI is InChI=1S/C20H25FN2O3S/c1-2-3-5-16(13-23-24)14-27(25,26)20-9-8-18(21)12-17(20)10-15-6-4-7-19(22)11-15/h4,6-9,11-12,16H,2-3,5,10,13-14,22H2,1H3/t16-/m0/s1. The van der Waals surface area contributed by atoms with Crippen LogP contribution in [0.25, 0.3) is 0 Å². The quantitative estimate of drug-likeness (QED) is 0.370. The molecule has 0 saturated carbocycles. The number of nitrogens with two attached hydrogens (primary N) is 1. The van der Waals surface area contributed by atoms with Crippen LogP contribution in [0, 0.1) is 16.6 Å². The van der Waals surface area contributed by atoms with Crippen LogP contribution in [0.2, 0.25) is 0 Å². The maximum absolute atomic E-state index is 13.8. The van der Waals surface area contributed by atoms with E-state index in [1.165, 1.54) is 12.1 Å². The van der Waals surface area contributed by atoms with E-state index in [0.717, 1.165) is 24.5 Å². The summed E-state index contributed by atoms with van der Waals surface area (Å²) in [4.78, 5) is 10.8. The molecule has 27 heavy (non-hydrogen) atoms. The summed E-state index contributed by atoms with van der Waals surface area (Å²) in [6.45, 7) is 1.97. The lowest BCUT2D eigenvalue weighted by Crippen LogP contribution is -2.20. The van der Waals surface area contributed by atoms with E-state index in [1.807, 2.05) is 13.0 Å². The Morgan fingerprint density at radius 3 is 2.63 bits per heavy atom. The number of rotatable bonds is 10. The van der Waals surface area contributed by atoms with Gasteiger partial charge in [-0.1, -0.05) is 37.1 Å². The molecule has 0 spiro atoms. The third-order valence-corrected chi connectivity index (χ3v) is 6.44. The van der Waals surface area contributed by atoms with Gasteiger partial charge in [0.15, 0.2) is 9.84 Å². The average molecular weight is 392 g/mol. The molecule has 0 bridgehead atoms. The summed E-state index contributed by atoms with van der Waals surface area (Å²) in [6.07, 6.45) is 2.61. The van der Waals surface area contributed by atoms with Gasteiger partial charge in [0.2, 0.25) is 0 Å². The lowest BCUT2D eigenvalue weighted by atomic mass is 10.0. The number of unbranched alkanes of at least 4 members (excludes halogenated alkanes) is 1. The van der Waals surface area contributed by atoms with E-state index < -0.39 is 15.7 Å². The zero-order valence-corrected chi connectivity index (χ0v) is 16.2. The largest absolute Gasteiger partial charge is 0.399 e. The van der Waals surface area contributed by atoms with E-state index in [0.29, 0.717) is 17.7 Å². The van der Waals surface area contributed by atoms with Gasteiger partial charge < -0.3 is 5.73 Å². The minimum absolute atomic E-state index is 0.0367. The smallest absolute Gasteiger partial charge is 0.179 e. The second kappa shape index (κ2) is 9.60. The van der Waals surface area contributed by atoms with Crippen molar-refractivity contribution in [1.29, 1.82) is 0 Å². The number of nitrogens with zero attached hydrogens (tertiary/aromatic N) is 1. The molecule has 0 heterocycles. The molecule has 2 aromatic carbocycles. The van der Waals surface area contributed by atoms with Crippen molar-refractivity contribution in [2.24, 2.45) is 11.1 Å². The molecule has 0 radical (unpaired) electrons. The van der Waals surface area contributed by atoms with Crippen LogP contribution < -0.4 is 5.73 Å². The van der Waals surface area contributed by atoms with Gasteiger partial charge in [-0.25, -0.2) is 12.8 Å². The predicted molar refractivity (Wildman–Crippen MR) is 106 cm³/mol. The van der Waals surface area contributed by atoms with E-state index in [9.17, 15) is 17.7 Å². The summed E-state index contributed by atoms with van der Waals surface area (Å²) in [6, 6.07) is 10.8. The molecular weight excluding hydrogens is 367 g/mol. The van der Waals surface area contributed by atoms with Crippen LogP contribution in [0.3, 0.4) is 0 Å². The normalized spacial score (nSPS) is 12.7. The summed E-state index contributed by atoms with van der Waals surface area (Å²) in [5.41, 5.74) is 7.52. The number of halogens is 1.